The fourth-order valence-electron chi connectivity index (χ4n) is 4.67. The number of hydrogen-bond acceptors (Lipinski definition) is 5. The van der Waals surface area contributed by atoms with E-state index in [9.17, 15) is 16.8 Å². The van der Waals surface area contributed by atoms with Crippen molar-refractivity contribution in [3.63, 3.8) is 0 Å². The Kier molecular flexibility index (Phi) is 7.71. The molecule has 0 saturated carbocycles. The number of sulfonamides is 2. The largest absolute Gasteiger partial charge is 0.339 e. The number of nitrogens with zero attached hydrogens (tertiary/aromatic N) is 4. The summed E-state index contributed by atoms with van der Waals surface area (Å²) in [6.07, 6.45) is 0.239. The Morgan fingerprint density at radius 1 is 0.872 bits per heavy atom. The number of primary sulfonamides is 1. The number of likely N-dealkylation sites (tertiary alicyclic amines) is 1. The molecule has 0 amide bonds. The molecule has 1 fully saturated rings. The van der Waals surface area contributed by atoms with E-state index in [-0.39, 0.29) is 42.8 Å². The van der Waals surface area contributed by atoms with Crippen molar-refractivity contribution in [2.24, 2.45) is 14.6 Å². The van der Waals surface area contributed by atoms with Gasteiger partial charge in [-0.25, -0.2) is 18.6 Å². The summed E-state index contributed by atoms with van der Waals surface area (Å²) in [6.45, 7) is 0.522. The summed E-state index contributed by atoms with van der Waals surface area (Å²) in [4.78, 5) is 1.56. The maximum absolute atomic E-state index is 13.4. The average molecular weight is 607 g/mol. The number of guanidine groups is 1. The standard InChI is InChI=1S/C26H25Cl2N5O4S2/c27-20-8-6-19(7-9-20)25-24(18-4-2-1-3-5-18)17-33(30-25)26(32-15-14-23(16-32)38(29,34)35)31-39(36,37)22-12-10-21(28)11-13-22/h1-13,23-24H,14-17H2,(H2,29,34,35)/b31-26-/t23-,24+/m1/s1. The SMILES string of the molecule is NS(=O)(=O)[C@@H]1CCN(/C(=N/S(=O)(=O)c2ccc(Cl)cc2)N2C[C@@H](c3ccccc3)C(c3ccc(Cl)cc3)=N2)C1. The molecule has 9 nitrogen and oxygen atoms in total. The van der Waals surface area contributed by atoms with Gasteiger partial charge in [0.2, 0.25) is 16.0 Å². The van der Waals surface area contributed by atoms with Gasteiger partial charge in [-0.1, -0.05) is 65.7 Å². The van der Waals surface area contributed by atoms with Crippen LogP contribution < -0.4 is 5.14 Å². The van der Waals surface area contributed by atoms with Crippen LogP contribution in [0, 0.1) is 0 Å². The molecule has 1 saturated heterocycles. The molecule has 13 heteroatoms. The van der Waals surface area contributed by atoms with Gasteiger partial charge in [-0.2, -0.15) is 13.5 Å². The van der Waals surface area contributed by atoms with Crippen molar-refractivity contribution in [1.29, 1.82) is 0 Å². The maximum Gasteiger partial charge on any atom is 0.285 e. The van der Waals surface area contributed by atoms with Crippen LogP contribution in [0.25, 0.3) is 0 Å². The monoisotopic (exact) mass is 605 g/mol. The highest BCUT2D eigenvalue weighted by Crippen LogP contribution is 2.31. The normalized spacial score (nSPS) is 20.4. The zero-order chi connectivity index (χ0) is 27.8. The summed E-state index contributed by atoms with van der Waals surface area (Å²) >= 11 is 12.1. The highest BCUT2D eigenvalue weighted by molar-refractivity contribution is 7.90. The fourth-order valence-corrected chi connectivity index (χ4v) is 6.75. The van der Waals surface area contributed by atoms with Crippen molar-refractivity contribution in [3.8, 4) is 0 Å². The van der Waals surface area contributed by atoms with Crippen LogP contribution in [-0.2, 0) is 20.0 Å². The van der Waals surface area contributed by atoms with Crippen molar-refractivity contribution in [1.82, 2.24) is 9.91 Å². The third-order valence-corrected chi connectivity index (χ3v) is 9.78. The van der Waals surface area contributed by atoms with Gasteiger partial charge in [0.15, 0.2) is 0 Å². The summed E-state index contributed by atoms with van der Waals surface area (Å²) in [5.41, 5.74) is 2.51. The molecular weight excluding hydrogens is 581 g/mol. The predicted octanol–water partition coefficient (Wildman–Crippen LogP) is 3.90. The van der Waals surface area contributed by atoms with Gasteiger partial charge in [0.25, 0.3) is 10.0 Å². The smallest absolute Gasteiger partial charge is 0.285 e. The Hall–Kier alpha value is -2.96. The summed E-state index contributed by atoms with van der Waals surface area (Å²) in [5.74, 6) is -0.187. The highest BCUT2D eigenvalue weighted by atomic mass is 35.5. The van der Waals surface area contributed by atoms with Gasteiger partial charge in [-0.05, 0) is 53.9 Å². The first-order chi connectivity index (χ1) is 18.5. The predicted molar refractivity (Wildman–Crippen MR) is 153 cm³/mol. The van der Waals surface area contributed by atoms with Crippen LogP contribution in [0.1, 0.15) is 23.5 Å². The highest BCUT2D eigenvalue weighted by Gasteiger charge is 2.39. The third kappa shape index (κ3) is 6.12. The van der Waals surface area contributed by atoms with Crippen LogP contribution in [0.15, 0.2) is 93.3 Å². The fraction of sp³-hybridized carbons (Fsp3) is 0.231. The Morgan fingerprint density at radius 3 is 2.08 bits per heavy atom. The lowest BCUT2D eigenvalue weighted by molar-refractivity contribution is 0.376. The topological polar surface area (TPSA) is 126 Å². The molecule has 0 spiro atoms. The minimum Gasteiger partial charge on any atom is -0.339 e. The summed E-state index contributed by atoms with van der Waals surface area (Å²) in [5, 5.41) is 11.9. The second kappa shape index (κ2) is 10.9. The van der Waals surface area contributed by atoms with E-state index in [0.29, 0.717) is 15.8 Å². The molecule has 0 radical (unpaired) electrons. The van der Waals surface area contributed by atoms with Gasteiger partial charge in [-0.15, -0.1) is 4.40 Å². The lowest BCUT2D eigenvalue weighted by Gasteiger charge is -2.26. The lowest BCUT2D eigenvalue weighted by Crippen LogP contribution is -2.42. The quantitative estimate of drug-likeness (QED) is 0.347. The first-order valence-electron chi connectivity index (χ1n) is 12.1. The van der Waals surface area contributed by atoms with Crippen LogP contribution in [-0.4, -0.2) is 63.3 Å². The molecule has 0 bridgehead atoms. The molecule has 0 aliphatic carbocycles. The van der Waals surface area contributed by atoms with E-state index < -0.39 is 25.3 Å². The minimum absolute atomic E-state index is 0.00783. The van der Waals surface area contributed by atoms with Crippen LogP contribution in [0.2, 0.25) is 10.0 Å². The molecule has 39 heavy (non-hydrogen) atoms. The third-order valence-electron chi connectivity index (χ3n) is 6.69. The molecule has 2 aliphatic heterocycles. The van der Waals surface area contributed by atoms with Crippen molar-refractivity contribution in [2.75, 3.05) is 19.6 Å². The Morgan fingerprint density at radius 2 is 1.49 bits per heavy atom. The van der Waals surface area contributed by atoms with Crippen LogP contribution in [0.5, 0.6) is 0 Å². The molecule has 5 rings (SSSR count). The number of nitrogens with two attached hydrogens (primary N) is 1. The molecular formula is C26H25Cl2N5O4S2. The number of hydrazone groups is 1. The van der Waals surface area contributed by atoms with Gasteiger partial charge < -0.3 is 4.90 Å². The van der Waals surface area contributed by atoms with Gasteiger partial charge in [0.05, 0.1) is 22.4 Å². The maximum atomic E-state index is 13.4. The van der Waals surface area contributed by atoms with E-state index >= 15 is 0 Å². The molecule has 0 unspecified atom stereocenters. The van der Waals surface area contributed by atoms with Crippen molar-refractivity contribution in [3.05, 3.63) is 100 Å². The molecule has 2 atom stereocenters. The lowest BCUT2D eigenvalue weighted by atomic mass is 9.91. The van der Waals surface area contributed by atoms with Gasteiger partial charge >= 0.3 is 0 Å². The van der Waals surface area contributed by atoms with E-state index in [1.54, 1.807) is 17.0 Å². The second-order valence-corrected chi connectivity index (χ2v) is 13.6. The van der Waals surface area contributed by atoms with Crippen LogP contribution >= 0.6 is 23.2 Å². The Bertz CT molecular complexity index is 1630. The van der Waals surface area contributed by atoms with Gasteiger partial charge in [0, 0.05) is 29.1 Å². The number of halogens is 2. The molecule has 3 aromatic carbocycles. The first-order valence-corrected chi connectivity index (χ1v) is 15.9. The van der Waals surface area contributed by atoms with Crippen molar-refractivity contribution in [2.45, 2.75) is 22.5 Å². The Balaban J connectivity index is 1.60. The van der Waals surface area contributed by atoms with Crippen molar-refractivity contribution >= 4 is 54.9 Å². The van der Waals surface area contributed by atoms with E-state index in [1.165, 1.54) is 29.3 Å². The van der Waals surface area contributed by atoms with E-state index in [1.807, 2.05) is 42.5 Å². The minimum atomic E-state index is -4.20. The summed E-state index contributed by atoms with van der Waals surface area (Å²) < 4.78 is 55.2. The van der Waals surface area contributed by atoms with Crippen molar-refractivity contribution < 1.29 is 16.8 Å². The first kappa shape index (κ1) is 27.6. The van der Waals surface area contributed by atoms with E-state index in [0.717, 1.165) is 11.1 Å². The van der Waals surface area contributed by atoms with Gasteiger partial charge in [0.1, 0.15) is 0 Å². The van der Waals surface area contributed by atoms with Gasteiger partial charge in [-0.3, -0.25) is 0 Å². The van der Waals surface area contributed by atoms with E-state index in [4.69, 9.17) is 33.4 Å². The Labute approximate surface area is 237 Å². The molecule has 3 aromatic rings. The average Bonchev–Trinajstić information content (AvgIpc) is 3.57. The second-order valence-electron chi connectivity index (χ2n) is 9.30. The number of rotatable bonds is 5. The number of benzene rings is 3. The molecule has 0 aromatic heterocycles. The van der Waals surface area contributed by atoms with Crippen LogP contribution in [0.3, 0.4) is 0 Å². The molecule has 2 heterocycles. The molecule has 2 N–H and O–H groups in total. The molecule has 204 valence electrons. The zero-order valence-electron chi connectivity index (χ0n) is 20.6. The van der Waals surface area contributed by atoms with E-state index in [2.05, 4.69) is 4.40 Å². The summed E-state index contributed by atoms with van der Waals surface area (Å²) in [7, 11) is -8.03. The molecule has 2 aliphatic rings. The van der Waals surface area contributed by atoms with Crippen LogP contribution in [0.4, 0.5) is 0 Å². The summed E-state index contributed by atoms with van der Waals surface area (Å²) in [6, 6.07) is 22.6. The zero-order valence-corrected chi connectivity index (χ0v) is 23.7. The number of hydrogen-bond donors (Lipinski definition) is 1.